The number of carbonyl (C=O) groups excluding carboxylic acids is 1. The van der Waals surface area contributed by atoms with Crippen LogP contribution >= 0.6 is 30.5 Å². The summed E-state index contributed by atoms with van der Waals surface area (Å²) in [5.41, 5.74) is 5.69. The number of hydrogen-bond donors (Lipinski definition) is 0. The van der Waals surface area contributed by atoms with Crippen molar-refractivity contribution in [2.24, 2.45) is 0 Å². The van der Waals surface area contributed by atoms with E-state index in [1.165, 1.54) is 32.2 Å². The maximum atomic E-state index is 11.3. The maximum absolute atomic E-state index is 11.3. The van der Waals surface area contributed by atoms with E-state index in [2.05, 4.69) is 158 Å². The molecule has 0 unspecified atom stereocenters. The van der Waals surface area contributed by atoms with Crippen LogP contribution in [-0.4, -0.2) is 26.9 Å². The van der Waals surface area contributed by atoms with Gasteiger partial charge in [0.25, 0.3) is 0 Å². The van der Waals surface area contributed by atoms with Gasteiger partial charge in [0.1, 0.15) is 23.2 Å². The second-order valence-corrected chi connectivity index (χ2v) is 18.6. The molecule has 9 aromatic rings. The Morgan fingerprint density at radius 3 is 1.24 bits per heavy atom. The molecule has 3 nitrogen and oxygen atoms in total. The van der Waals surface area contributed by atoms with Crippen LogP contribution < -0.4 is 28.3 Å². The van der Waals surface area contributed by atoms with E-state index in [4.69, 9.17) is 32.7 Å². The van der Waals surface area contributed by atoms with Gasteiger partial charge in [-0.2, -0.15) is 0 Å². The van der Waals surface area contributed by atoms with Crippen molar-refractivity contribution < 1.29 is 26.7 Å². The normalized spacial score (nSPS) is 10.9. The van der Waals surface area contributed by atoms with Gasteiger partial charge in [-0.3, -0.25) is 4.79 Å². The lowest BCUT2D eigenvalue weighted by atomic mass is 9.94. The van der Waals surface area contributed by atoms with Crippen molar-refractivity contribution in [2.45, 2.75) is 0 Å². The molecule has 0 saturated carbocycles. The Balaban J connectivity index is 0.000000156. The van der Waals surface area contributed by atoms with E-state index in [0.29, 0.717) is 22.0 Å². The molecule has 0 aliphatic rings. The first-order valence-corrected chi connectivity index (χ1v) is 22.9. The molecule has 0 N–H and O–H groups in total. The predicted molar refractivity (Wildman–Crippen MR) is 267 cm³/mol. The van der Waals surface area contributed by atoms with Crippen molar-refractivity contribution in [3.05, 3.63) is 240 Å². The van der Waals surface area contributed by atoms with Crippen LogP contribution in [-0.2, 0) is 9.47 Å². The summed E-state index contributed by atoms with van der Waals surface area (Å²) < 4.78 is 10.8. The van der Waals surface area contributed by atoms with Crippen molar-refractivity contribution in [3.8, 4) is 22.3 Å². The lowest BCUT2D eigenvalue weighted by Gasteiger charge is -2.26. The largest absolute Gasteiger partial charge is 1.00 e. The van der Waals surface area contributed by atoms with Crippen molar-refractivity contribution >= 4 is 80.3 Å². The van der Waals surface area contributed by atoms with E-state index in [9.17, 15) is 4.79 Å². The van der Waals surface area contributed by atoms with E-state index in [-0.39, 0.29) is 12.4 Å². The zero-order valence-electron chi connectivity index (χ0n) is 35.0. The fraction of sp³-hybridized carbons (Fsp3) is 0.0536. The third-order valence-corrected chi connectivity index (χ3v) is 15.5. The number of ether oxygens (including phenoxy) is 2. The molecule has 0 bridgehead atoms. The Morgan fingerprint density at radius 2 is 0.810 bits per heavy atom. The summed E-state index contributed by atoms with van der Waals surface area (Å²) in [4.78, 5) is 11.3. The predicted octanol–water partition coefficient (Wildman–Crippen LogP) is 11.3. The second kappa shape index (κ2) is 22.9. The van der Waals surface area contributed by atoms with Gasteiger partial charge in [-0.1, -0.05) is 187 Å². The fourth-order valence-corrected chi connectivity index (χ4v) is 12.0. The Kier molecular flexibility index (Phi) is 16.9. The van der Waals surface area contributed by atoms with Crippen LogP contribution in [0.1, 0.15) is 15.9 Å². The smallest absolute Gasteiger partial charge is 0.170 e. The monoisotopic (exact) mass is 902 g/mol. The lowest BCUT2D eigenvalue weighted by Crippen LogP contribution is -3.00. The molecule has 0 radical (unpaired) electrons. The summed E-state index contributed by atoms with van der Waals surface area (Å²) in [6.45, 7) is 0. The highest BCUT2D eigenvalue weighted by Gasteiger charge is 2.45. The molecule has 9 aromatic carbocycles. The third-order valence-electron chi connectivity index (χ3n) is 10.7. The number of fused-ring (bicyclic) bond motifs is 2. The summed E-state index contributed by atoms with van der Waals surface area (Å²) in [6, 6.07) is 72.6. The Labute approximate surface area is 387 Å². The molecular formula is C56H46Cl3O3P. The maximum Gasteiger partial charge on any atom is 0.170 e. The highest BCUT2D eigenvalue weighted by Crippen LogP contribution is 2.55. The number of benzene rings is 9. The molecule has 0 aromatic heterocycles. The van der Waals surface area contributed by atoms with Crippen LogP contribution in [0.25, 0.3) is 49.9 Å². The highest BCUT2D eigenvalue weighted by atomic mass is 35.5. The number of rotatable bonds is 10. The van der Waals surface area contributed by atoms with Crippen LogP contribution in [0.15, 0.2) is 219 Å². The second-order valence-electron chi connectivity index (χ2n) is 14.3. The molecule has 0 amide bonds. The number of aldehydes is 1. The van der Waals surface area contributed by atoms with E-state index in [0.717, 1.165) is 39.3 Å². The van der Waals surface area contributed by atoms with Gasteiger partial charge in [0, 0.05) is 23.3 Å². The Morgan fingerprint density at radius 1 is 0.444 bits per heavy atom. The minimum absolute atomic E-state index is 0. The molecule has 0 aliphatic carbocycles. The van der Waals surface area contributed by atoms with E-state index in [1.807, 2.05) is 54.6 Å². The molecule has 7 heteroatoms. The molecule has 314 valence electrons. The van der Waals surface area contributed by atoms with Gasteiger partial charge in [0.05, 0.1) is 18.4 Å². The average molecular weight is 904 g/mol. The molecule has 0 saturated heterocycles. The summed E-state index contributed by atoms with van der Waals surface area (Å²) in [5, 5.41) is 9.98. The Hall–Kier alpha value is -6.03. The molecule has 63 heavy (non-hydrogen) atoms. The number of carbonyl (C=O) groups is 1. The van der Waals surface area contributed by atoms with Crippen molar-refractivity contribution in [3.63, 3.8) is 0 Å². The van der Waals surface area contributed by atoms with E-state index < -0.39 is 7.26 Å². The summed E-state index contributed by atoms with van der Waals surface area (Å²) in [6.07, 6.45) is 5.08. The molecule has 9 rings (SSSR count). The van der Waals surface area contributed by atoms with Crippen LogP contribution in [0.2, 0.25) is 10.0 Å². The summed E-state index contributed by atoms with van der Waals surface area (Å²) in [5.74, 6) is 0. The van der Waals surface area contributed by atoms with Gasteiger partial charge in [0.15, 0.2) is 12.6 Å². The molecule has 0 atom stereocenters. The zero-order valence-corrected chi connectivity index (χ0v) is 38.1. The highest BCUT2D eigenvalue weighted by molar-refractivity contribution is 7.95. The van der Waals surface area contributed by atoms with Crippen LogP contribution in [0, 0.1) is 0 Å². The van der Waals surface area contributed by atoms with Crippen molar-refractivity contribution in [1.82, 2.24) is 0 Å². The van der Waals surface area contributed by atoms with Crippen LogP contribution in [0.5, 0.6) is 0 Å². The molecule has 0 heterocycles. The van der Waals surface area contributed by atoms with Crippen LogP contribution in [0.3, 0.4) is 0 Å². The van der Waals surface area contributed by atoms with Gasteiger partial charge in [-0.25, -0.2) is 0 Å². The zero-order chi connectivity index (χ0) is 43.2. The standard InChI is InChI=1S/C20H20OP.C19H15ClO.C17H11ClO.ClH/c1-21-17-22(18-11-5-2-6-12-18,19-13-7-3-8-14-19)20-15-9-4-10-16-20;1-21-13-12-18-17(10-5-11-19(18)20)16-9-4-7-14-6-2-3-8-15(14)16;18-17-10-4-9-15(16(17)11-19)14-8-3-6-12-5-1-2-7-13(12)14;/h2-16H,17H2,1H3;2-13H,1H3;1-11H;1H/q+1;;;/p-1. The lowest BCUT2D eigenvalue weighted by molar-refractivity contribution is -0.0000185. The number of methoxy groups -OCH3 is 2. The average Bonchev–Trinajstić information content (AvgIpc) is 3.33. The molecular weight excluding hydrogens is 858 g/mol. The van der Waals surface area contributed by atoms with Gasteiger partial charge >= 0.3 is 0 Å². The van der Waals surface area contributed by atoms with Gasteiger partial charge < -0.3 is 21.9 Å². The van der Waals surface area contributed by atoms with Crippen LogP contribution in [0.4, 0.5) is 0 Å². The first-order valence-electron chi connectivity index (χ1n) is 20.2. The summed E-state index contributed by atoms with van der Waals surface area (Å²) >= 11 is 12.5. The first kappa shape index (κ1) is 46.5. The van der Waals surface area contributed by atoms with Gasteiger partial charge in [-0.05, 0) is 98.4 Å². The van der Waals surface area contributed by atoms with Crippen molar-refractivity contribution in [1.29, 1.82) is 0 Å². The summed E-state index contributed by atoms with van der Waals surface area (Å²) in [7, 11) is 1.65. The topological polar surface area (TPSA) is 35.5 Å². The quantitative estimate of drug-likeness (QED) is 0.0779. The molecule has 0 spiro atoms. The minimum Gasteiger partial charge on any atom is -1.00 e. The van der Waals surface area contributed by atoms with Gasteiger partial charge in [0.2, 0.25) is 0 Å². The Bertz CT molecular complexity index is 2800. The van der Waals surface area contributed by atoms with Gasteiger partial charge in [-0.15, -0.1) is 0 Å². The van der Waals surface area contributed by atoms with E-state index >= 15 is 0 Å². The van der Waals surface area contributed by atoms with Crippen molar-refractivity contribution in [2.75, 3.05) is 20.6 Å². The first-order chi connectivity index (χ1) is 30.5. The molecule has 0 fully saturated rings. The minimum atomic E-state index is -1.78. The third kappa shape index (κ3) is 10.6. The van der Waals surface area contributed by atoms with E-state index in [1.54, 1.807) is 26.5 Å². The SMILES string of the molecule is COC=Cc1c(Cl)cccc1-c1cccc2ccccc12.COC[P+](c1ccccc1)(c1ccccc1)c1ccccc1.O=Cc1c(Cl)cccc1-c1cccc2ccccc12.[Cl-]. The fourth-order valence-electron chi connectivity index (χ4n) is 7.80. The number of halogens is 3. The molecule has 0 aliphatic heterocycles. The number of hydrogen-bond acceptors (Lipinski definition) is 3.